The Morgan fingerprint density at radius 1 is 0.891 bits per heavy atom. The fourth-order valence-corrected chi connectivity index (χ4v) is 5.93. The maximum absolute atomic E-state index is 12.8. The van der Waals surface area contributed by atoms with Gasteiger partial charge in [0.1, 0.15) is 42.4 Å². The number of hydrogen-bond donors (Lipinski definition) is 7. The number of fused-ring (bicyclic) bond motifs is 1. The third kappa shape index (κ3) is 7.14. The van der Waals surface area contributed by atoms with Crippen LogP contribution in [0.25, 0.3) is 6.08 Å². The molecular weight excluding hydrogens is 612 g/mol. The monoisotopic (exact) mass is 652 g/mol. The van der Waals surface area contributed by atoms with Crippen LogP contribution in [0.2, 0.25) is 0 Å². The third-order valence-electron chi connectivity index (χ3n) is 8.56. The summed E-state index contributed by atoms with van der Waals surface area (Å²) in [5.41, 5.74) is 1.11. The maximum atomic E-state index is 12.8. The highest BCUT2D eigenvalue weighted by molar-refractivity contribution is 5.87. The van der Waals surface area contributed by atoms with Crippen LogP contribution in [0.1, 0.15) is 12.5 Å². The van der Waals surface area contributed by atoms with E-state index in [9.17, 15) is 40.5 Å². The van der Waals surface area contributed by atoms with Gasteiger partial charge in [0, 0.05) is 12.0 Å². The van der Waals surface area contributed by atoms with Crippen LogP contribution >= 0.6 is 0 Å². The molecule has 15 heteroatoms. The second-order valence-corrected chi connectivity index (χ2v) is 11.5. The molecule has 46 heavy (non-hydrogen) atoms. The average molecular weight is 653 g/mol. The molecule has 0 amide bonds. The second-order valence-electron chi connectivity index (χ2n) is 11.5. The van der Waals surface area contributed by atoms with Gasteiger partial charge in [0.2, 0.25) is 6.29 Å². The first-order valence-electron chi connectivity index (χ1n) is 14.9. The van der Waals surface area contributed by atoms with Gasteiger partial charge in [0.05, 0.1) is 44.7 Å². The predicted molar refractivity (Wildman–Crippen MR) is 154 cm³/mol. The molecule has 0 saturated carbocycles. The standard InChI is InChI=1S/C31H40O15/c1-14-23(35)26(38)28(45-21(34)8-5-15-3-6-17(40-2)7-4-15)31(42-14)43-19-11-16(12-32)22-18(19)9-10-41-29(22)46-30-27(39)25(37)24(36)20(13-33)44-30/h3-11,14,18-20,22-33,35-39H,12-13H2,1-2H3/b8-5+/t14-,18-,19+,20+,22+,23-,24+,25-,26+,27+,28+,29-,30-,31-/m0/s1. The van der Waals surface area contributed by atoms with Crippen LogP contribution in [0.4, 0.5) is 0 Å². The maximum Gasteiger partial charge on any atom is 0.331 e. The zero-order valence-electron chi connectivity index (χ0n) is 25.1. The Bertz CT molecular complexity index is 1260. The van der Waals surface area contributed by atoms with E-state index in [1.54, 1.807) is 36.4 Å². The Balaban J connectivity index is 1.29. The van der Waals surface area contributed by atoms with Crippen molar-refractivity contribution in [3.8, 4) is 5.75 Å². The Morgan fingerprint density at radius 2 is 1.63 bits per heavy atom. The van der Waals surface area contributed by atoms with Gasteiger partial charge in [-0.15, -0.1) is 0 Å². The molecule has 3 heterocycles. The molecule has 1 aromatic rings. The molecule has 1 aliphatic carbocycles. The molecule has 1 aromatic carbocycles. The average Bonchev–Trinajstić information content (AvgIpc) is 3.43. The summed E-state index contributed by atoms with van der Waals surface area (Å²) < 4.78 is 39.7. The largest absolute Gasteiger partial charge is 0.497 e. The summed E-state index contributed by atoms with van der Waals surface area (Å²) >= 11 is 0. The fourth-order valence-electron chi connectivity index (χ4n) is 5.93. The molecule has 3 aliphatic heterocycles. The van der Waals surface area contributed by atoms with Gasteiger partial charge in [0.25, 0.3) is 0 Å². The number of rotatable bonds is 10. The van der Waals surface area contributed by atoms with Crippen molar-refractivity contribution in [3.63, 3.8) is 0 Å². The number of methoxy groups -OCH3 is 1. The van der Waals surface area contributed by atoms with E-state index in [1.165, 1.54) is 26.4 Å². The van der Waals surface area contributed by atoms with E-state index in [-0.39, 0.29) is 0 Å². The molecule has 0 radical (unpaired) electrons. The number of hydrogen-bond acceptors (Lipinski definition) is 15. The van der Waals surface area contributed by atoms with Crippen LogP contribution in [0.3, 0.4) is 0 Å². The van der Waals surface area contributed by atoms with Crippen LogP contribution < -0.4 is 4.74 Å². The van der Waals surface area contributed by atoms with Gasteiger partial charge in [-0.2, -0.15) is 0 Å². The summed E-state index contributed by atoms with van der Waals surface area (Å²) in [6, 6.07) is 6.91. The quantitative estimate of drug-likeness (QED) is 0.0852. The van der Waals surface area contributed by atoms with Crippen LogP contribution in [0.5, 0.6) is 5.75 Å². The Morgan fingerprint density at radius 3 is 2.30 bits per heavy atom. The molecule has 2 fully saturated rings. The van der Waals surface area contributed by atoms with Gasteiger partial charge >= 0.3 is 5.97 Å². The topological polar surface area (TPSA) is 223 Å². The highest BCUT2D eigenvalue weighted by atomic mass is 16.8. The van der Waals surface area contributed by atoms with E-state index in [4.69, 9.17) is 33.2 Å². The SMILES string of the molecule is COc1ccc(/C=C/C(=O)O[C@H]2[C@H](O[C@@H]3C=C(CO)[C@H]4[C@H](O[C@@H]5O[C@H](CO)[C@@H](O)[C@H](O)[C@H]5O)OC=C[C@H]43)O[C@@H](C)[C@H](O)[C@H]2O)cc1. The summed E-state index contributed by atoms with van der Waals surface area (Å²) in [4.78, 5) is 12.8. The molecule has 0 spiro atoms. The normalized spacial score (nSPS) is 40.7. The lowest BCUT2D eigenvalue weighted by Gasteiger charge is -2.43. The van der Waals surface area contributed by atoms with E-state index in [0.29, 0.717) is 16.9 Å². The fraction of sp³-hybridized carbons (Fsp3) is 0.581. The van der Waals surface area contributed by atoms with E-state index >= 15 is 0 Å². The van der Waals surface area contributed by atoms with E-state index in [1.807, 2.05) is 0 Å². The number of aliphatic hydroxyl groups excluding tert-OH is 7. The summed E-state index contributed by atoms with van der Waals surface area (Å²) in [7, 11) is 1.54. The first-order chi connectivity index (χ1) is 22.1. The molecule has 0 bridgehead atoms. The second kappa shape index (κ2) is 14.9. The molecule has 4 aliphatic rings. The third-order valence-corrected chi connectivity index (χ3v) is 8.56. The highest BCUT2D eigenvalue weighted by Crippen LogP contribution is 2.43. The Kier molecular flexibility index (Phi) is 11.1. The van der Waals surface area contributed by atoms with Crippen LogP contribution in [-0.4, -0.2) is 136 Å². The molecule has 5 rings (SSSR count). The molecule has 14 atom stereocenters. The van der Waals surface area contributed by atoms with Gasteiger partial charge in [-0.1, -0.05) is 18.2 Å². The molecular formula is C31H40O15. The van der Waals surface area contributed by atoms with Crippen molar-refractivity contribution in [2.45, 2.75) is 80.7 Å². The van der Waals surface area contributed by atoms with Gasteiger partial charge in [-0.3, -0.25) is 0 Å². The number of carbonyl (C=O) groups is 1. The zero-order valence-corrected chi connectivity index (χ0v) is 25.1. The van der Waals surface area contributed by atoms with Crippen molar-refractivity contribution in [1.29, 1.82) is 0 Å². The first kappa shape index (κ1) is 34.4. The molecule has 2 saturated heterocycles. The molecule has 0 aromatic heterocycles. The summed E-state index contributed by atoms with van der Waals surface area (Å²) in [6.07, 6.45) is -9.00. The van der Waals surface area contributed by atoms with E-state index in [2.05, 4.69) is 0 Å². The van der Waals surface area contributed by atoms with Crippen molar-refractivity contribution in [3.05, 3.63) is 59.9 Å². The minimum absolute atomic E-state index is 0.425. The van der Waals surface area contributed by atoms with Crippen molar-refractivity contribution >= 4 is 12.0 Å². The van der Waals surface area contributed by atoms with Crippen molar-refractivity contribution in [2.75, 3.05) is 20.3 Å². The van der Waals surface area contributed by atoms with E-state index in [0.717, 1.165) is 6.08 Å². The lowest BCUT2D eigenvalue weighted by molar-refractivity contribution is -0.341. The molecule has 0 unspecified atom stereocenters. The summed E-state index contributed by atoms with van der Waals surface area (Å²) in [6.45, 7) is 0.436. The lowest BCUT2D eigenvalue weighted by Crippen LogP contribution is -2.60. The molecule has 15 nitrogen and oxygen atoms in total. The number of ether oxygens (including phenoxy) is 7. The van der Waals surface area contributed by atoms with Crippen molar-refractivity contribution in [2.24, 2.45) is 11.8 Å². The molecule has 7 N–H and O–H groups in total. The Labute approximate surface area is 264 Å². The van der Waals surface area contributed by atoms with Crippen LogP contribution in [0.15, 0.2) is 54.3 Å². The first-order valence-corrected chi connectivity index (χ1v) is 14.9. The van der Waals surface area contributed by atoms with Crippen LogP contribution in [-0.2, 0) is 33.2 Å². The van der Waals surface area contributed by atoms with E-state index < -0.39 is 105 Å². The minimum Gasteiger partial charge on any atom is -0.497 e. The van der Waals surface area contributed by atoms with Crippen molar-refractivity contribution < 1.29 is 73.7 Å². The number of esters is 1. The van der Waals surface area contributed by atoms with Crippen molar-refractivity contribution in [1.82, 2.24) is 0 Å². The van der Waals surface area contributed by atoms with Gasteiger partial charge in [-0.05, 0) is 42.3 Å². The molecule has 254 valence electrons. The number of benzene rings is 1. The van der Waals surface area contributed by atoms with Gasteiger partial charge in [-0.25, -0.2) is 4.79 Å². The van der Waals surface area contributed by atoms with Gasteiger partial charge in [0.15, 0.2) is 18.7 Å². The minimum atomic E-state index is -1.68. The van der Waals surface area contributed by atoms with Crippen LogP contribution in [0, 0.1) is 11.8 Å². The highest BCUT2D eigenvalue weighted by Gasteiger charge is 2.52. The number of carbonyl (C=O) groups excluding carboxylic acids is 1. The number of aliphatic hydroxyl groups is 7. The Hall–Kier alpha value is -2.93. The summed E-state index contributed by atoms with van der Waals surface area (Å²) in [5.74, 6) is -1.44. The smallest absolute Gasteiger partial charge is 0.331 e. The zero-order chi connectivity index (χ0) is 33.1. The predicted octanol–water partition coefficient (Wildman–Crippen LogP) is -1.68. The summed E-state index contributed by atoms with van der Waals surface area (Å²) in [5, 5.41) is 71.8. The van der Waals surface area contributed by atoms with Gasteiger partial charge < -0.3 is 68.9 Å². The lowest BCUT2D eigenvalue weighted by atomic mass is 9.88.